The second kappa shape index (κ2) is 10.0. The van der Waals surface area contributed by atoms with Gasteiger partial charge in [-0.1, -0.05) is 43.3 Å². The lowest BCUT2D eigenvalue weighted by Gasteiger charge is -2.43. The van der Waals surface area contributed by atoms with Gasteiger partial charge in [-0.25, -0.2) is 0 Å². The number of benzene rings is 3. The summed E-state index contributed by atoms with van der Waals surface area (Å²) in [7, 11) is 1.16. The van der Waals surface area contributed by atoms with Crippen LogP contribution >= 0.6 is 0 Å². The van der Waals surface area contributed by atoms with E-state index >= 15 is 0 Å². The summed E-state index contributed by atoms with van der Waals surface area (Å²) in [6.07, 6.45) is -3.95. The quantitative estimate of drug-likeness (QED) is 0.398. The predicted octanol–water partition coefficient (Wildman–Crippen LogP) is 6.64. The monoisotopic (exact) mass is 496 g/mol. The zero-order chi connectivity index (χ0) is 26.0. The third kappa shape index (κ3) is 4.67. The summed E-state index contributed by atoms with van der Waals surface area (Å²) >= 11 is 0. The van der Waals surface area contributed by atoms with E-state index in [2.05, 4.69) is 0 Å². The molecule has 4 rings (SSSR count). The van der Waals surface area contributed by atoms with E-state index in [1.54, 1.807) is 24.0 Å². The van der Waals surface area contributed by atoms with Crippen LogP contribution in [0.5, 0.6) is 5.75 Å². The summed E-state index contributed by atoms with van der Waals surface area (Å²) in [5.74, 6) is -0.949. The molecule has 0 bridgehead atoms. The summed E-state index contributed by atoms with van der Waals surface area (Å²) in [6, 6.07) is 19.2. The molecule has 1 aliphatic heterocycles. The Morgan fingerprint density at radius 1 is 1.03 bits per heavy atom. The van der Waals surface area contributed by atoms with Crippen LogP contribution in [0.25, 0.3) is 0 Å². The first kappa shape index (κ1) is 25.3. The summed E-state index contributed by atoms with van der Waals surface area (Å²) in [4.78, 5) is 30.0. The first-order valence-corrected chi connectivity index (χ1v) is 11.7. The van der Waals surface area contributed by atoms with Crippen molar-refractivity contribution >= 4 is 23.2 Å². The Morgan fingerprint density at radius 3 is 2.33 bits per heavy atom. The molecule has 0 unspecified atom stereocenters. The number of nitrogens with zero attached hydrogens (tertiary/aromatic N) is 2. The van der Waals surface area contributed by atoms with Gasteiger partial charge in [0.2, 0.25) is 5.91 Å². The van der Waals surface area contributed by atoms with Crippen LogP contribution in [0, 0.1) is 0 Å². The second-order valence-electron chi connectivity index (χ2n) is 8.70. The molecule has 0 fully saturated rings. The van der Waals surface area contributed by atoms with Crippen molar-refractivity contribution in [3.8, 4) is 5.75 Å². The molecule has 3 aromatic carbocycles. The minimum Gasteiger partial charge on any atom is -0.496 e. The lowest BCUT2D eigenvalue weighted by Crippen LogP contribution is -2.47. The molecule has 0 radical (unpaired) electrons. The van der Waals surface area contributed by atoms with E-state index in [-0.39, 0.29) is 29.3 Å². The van der Waals surface area contributed by atoms with Crippen molar-refractivity contribution in [3.05, 3.63) is 89.5 Å². The van der Waals surface area contributed by atoms with Crippen LogP contribution < -0.4 is 14.5 Å². The Kier molecular flexibility index (Phi) is 7.06. The van der Waals surface area contributed by atoms with Gasteiger partial charge in [0.05, 0.1) is 18.7 Å². The van der Waals surface area contributed by atoms with E-state index in [0.29, 0.717) is 18.5 Å². The molecule has 0 saturated heterocycles. The number of amides is 2. The first-order chi connectivity index (χ1) is 17.2. The molecule has 1 aliphatic rings. The fourth-order valence-electron chi connectivity index (χ4n) is 4.79. The largest absolute Gasteiger partial charge is 0.496 e. The van der Waals surface area contributed by atoms with Crippen molar-refractivity contribution in [1.29, 1.82) is 0 Å². The summed E-state index contributed by atoms with van der Waals surface area (Å²) in [6.45, 7) is 3.64. The highest BCUT2D eigenvalue weighted by atomic mass is 19.4. The van der Waals surface area contributed by atoms with E-state index in [1.165, 1.54) is 11.0 Å². The van der Waals surface area contributed by atoms with Crippen LogP contribution in [0.2, 0.25) is 0 Å². The number of hydrogen-bond acceptors (Lipinski definition) is 3. The molecule has 1 heterocycles. The van der Waals surface area contributed by atoms with Gasteiger partial charge in [0.25, 0.3) is 5.91 Å². The molecule has 0 N–H and O–H groups in total. The number of methoxy groups -OCH3 is 1. The number of fused-ring (bicyclic) bond motifs is 1. The first-order valence-electron chi connectivity index (χ1n) is 11.7. The minimum atomic E-state index is -4.67. The zero-order valence-electron chi connectivity index (χ0n) is 20.3. The maximum Gasteiger partial charge on any atom is 0.419 e. The van der Waals surface area contributed by atoms with Crippen LogP contribution in [0.1, 0.15) is 54.2 Å². The van der Waals surface area contributed by atoms with Gasteiger partial charge in [-0.15, -0.1) is 0 Å². The van der Waals surface area contributed by atoms with E-state index in [0.717, 1.165) is 30.5 Å². The predicted molar refractivity (Wildman–Crippen MR) is 132 cm³/mol. The molecule has 0 spiro atoms. The van der Waals surface area contributed by atoms with Crippen LogP contribution in [0.3, 0.4) is 0 Å². The minimum absolute atomic E-state index is 0.0575. The number of para-hydroxylation sites is 2. The van der Waals surface area contributed by atoms with Gasteiger partial charge in [0, 0.05) is 29.4 Å². The van der Waals surface area contributed by atoms with Crippen molar-refractivity contribution in [3.63, 3.8) is 0 Å². The standard InChI is InChI=1S/C28H27F3N2O3/c1-4-26(34)33(20-10-6-5-7-11-20)24-16-18(2)32(23-13-9-8-12-21(23)24)27(35)19-14-15-25(36-3)22(17-19)28(29,30)31/h5-15,17-18,24H,4,16H2,1-3H3/t18-,24+/m1/s1. The molecule has 36 heavy (non-hydrogen) atoms. The molecule has 0 aliphatic carbocycles. The number of hydrogen-bond donors (Lipinski definition) is 0. The molecular formula is C28H27F3N2O3. The Morgan fingerprint density at radius 2 is 1.69 bits per heavy atom. The average molecular weight is 497 g/mol. The number of carbonyl (C=O) groups is 2. The van der Waals surface area contributed by atoms with Crippen molar-refractivity contribution in [2.45, 2.75) is 44.9 Å². The summed E-state index contributed by atoms with van der Waals surface area (Å²) in [5, 5.41) is 0. The summed E-state index contributed by atoms with van der Waals surface area (Å²) < 4.78 is 45.7. The topological polar surface area (TPSA) is 49.9 Å². The molecule has 188 valence electrons. The molecular weight excluding hydrogens is 469 g/mol. The number of rotatable bonds is 5. The van der Waals surface area contributed by atoms with Crippen molar-refractivity contribution < 1.29 is 27.5 Å². The van der Waals surface area contributed by atoms with E-state index in [4.69, 9.17) is 4.74 Å². The number of carbonyl (C=O) groups excluding carboxylic acids is 2. The average Bonchev–Trinajstić information content (AvgIpc) is 2.88. The highest BCUT2D eigenvalue weighted by Gasteiger charge is 2.40. The second-order valence-corrected chi connectivity index (χ2v) is 8.70. The van der Waals surface area contributed by atoms with Gasteiger partial charge < -0.3 is 14.5 Å². The molecule has 5 nitrogen and oxygen atoms in total. The SMILES string of the molecule is CCC(=O)N(c1ccccc1)[C@H]1C[C@@H](C)N(C(=O)c2ccc(OC)c(C(F)(F)F)c2)c2ccccc21. The number of ether oxygens (including phenoxy) is 1. The maximum absolute atomic E-state index is 13.6. The van der Waals surface area contributed by atoms with E-state index in [1.807, 2.05) is 49.4 Å². The lowest BCUT2D eigenvalue weighted by molar-refractivity contribution is -0.138. The molecule has 0 saturated carbocycles. The molecule has 2 atom stereocenters. The number of alkyl halides is 3. The van der Waals surface area contributed by atoms with Crippen molar-refractivity contribution in [2.75, 3.05) is 16.9 Å². The Labute approximate surface area is 208 Å². The zero-order valence-corrected chi connectivity index (χ0v) is 20.3. The molecule has 8 heteroatoms. The molecule has 3 aromatic rings. The van der Waals surface area contributed by atoms with Crippen LogP contribution in [-0.2, 0) is 11.0 Å². The van der Waals surface area contributed by atoms with Gasteiger partial charge in [0.15, 0.2) is 0 Å². The van der Waals surface area contributed by atoms with Gasteiger partial charge in [-0.05, 0) is 55.3 Å². The van der Waals surface area contributed by atoms with Crippen molar-refractivity contribution in [2.24, 2.45) is 0 Å². The lowest BCUT2D eigenvalue weighted by atomic mass is 9.89. The van der Waals surface area contributed by atoms with Crippen LogP contribution in [-0.4, -0.2) is 25.0 Å². The number of halogens is 3. The van der Waals surface area contributed by atoms with Crippen molar-refractivity contribution in [1.82, 2.24) is 0 Å². The van der Waals surface area contributed by atoms with Crippen LogP contribution in [0.4, 0.5) is 24.5 Å². The smallest absolute Gasteiger partial charge is 0.419 e. The Balaban J connectivity index is 1.78. The van der Waals surface area contributed by atoms with E-state index in [9.17, 15) is 22.8 Å². The third-order valence-corrected chi connectivity index (χ3v) is 6.45. The van der Waals surface area contributed by atoms with Gasteiger partial charge >= 0.3 is 6.18 Å². The fraction of sp³-hybridized carbons (Fsp3) is 0.286. The number of anilines is 2. The third-order valence-electron chi connectivity index (χ3n) is 6.45. The van der Waals surface area contributed by atoms with Crippen LogP contribution in [0.15, 0.2) is 72.8 Å². The Hall–Kier alpha value is -3.81. The van der Waals surface area contributed by atoms with Gasteiger partial charge in [0.1, 0.15) is 5.75 Å². The van der Waals surface area contributed by atoms with E-state index < -0.39 is 17.6 Å². The summed E-state index contributed by atoms with van der Waals surface area (Å²) in [5.41, 5.74) is 0.990. The fourth-order valence-corrected chi connectivity index (χ4v) is 4.79. The Bertz CT molecular complexity index is 1260. The molecule has 2 amide bonds. The normalized spacial score (nSPS) is 17.3. The maximum atomic E-state index is 13.6. The highest BCUT2D eigenvalue weighted by molar-refractivity contribution is 6.08. The van der Waals surface area contributed by atoms with Gasteiger partial charge in [-0.3, -0.25) is 9.59 Å². The van der Waals surface area contributed by atoms with Gasteiger partial charge in [-0.2, -0.15) is 13.2 Å². The highest BCUT2D eigenvalue weighted by Crippen LogP contribution is 2.43. The molecule has 0 aromatic heterocycles.